The van der Waals surface area contributed by atoms with E-state index in [2.05, 4.69) is 17.6 Å². The molecular weight excluding hydrogens is 413 g/mol. The third kappa shape index (κ3) is 5.83. The van der Waals surface area contributed by atoms with Crippen LogP contribution >= 0.6 is 0 Å². The maximum atomic E-state index is 13.3. The van der Waals surface area contributed by atoms with E-state index in [9.17, 15) is 14.0 Å². The summed E-state index contributed by atoms with van der Waals surface area (Å²) in [4.78, 5) is 27.4. The van der Waals surface area contributed by atoms with Gasteiger partial charge in [0, 0.05) is 44.5 Å². The predicted octanol–water partition coefficient (Wildman–Crippen LogP) is 3.17. The molecule has 0 fully saturated rings. The van der Waals surface area contributed by atoms with Crippen LogP contribution in [-0.2, 0) is 4.74 Å². The van der Waals surface area contributed by atoms with Crippen molar-refractivity contribution in [2.45, 2.75) is 26.0 Å². The van der Waals surface area contributed by atoms with Crippen LogP contribution in [0.3, 0.4) is 0 Å². The number of likely N-dealkylation sites (N-methyl/N-ethyl adjacent to an activating group) is 1. The number of methoxy groups -OCH3 is 1. The SMILES string of the molecule is CO[C@@H]1CN(C)C(=O)c2cc(NC(=O)c3ccc(F)cc3)ccc2OC[C@H](C)NC[C@@H]1C. The van der Waals surface area contributed by atoms with Crippen molar-refractivity contribution in [2.24, 2.45) is 5.92 Å². The Balaban J connectivity index is 1.88. The van der Waals surface area contributed by atoms with Crippen LogP contribution in [-0.4, -0.2) is 62.7 Å². The van der Waals surface area contributed by atoms with Gasteiger partial charge in [0.25, 0.3) is 11.8 Å². The summed E-state index contributed by atoms with van der Waals surface area (Å²) in [6.45, 7) is 5.64. The first-order valence-electron chi connectivity index (χ1n) is 10.6. The maximum absolute atomic E-state index is 13.3. The Morgan fingerprint density at radius 2 is 1.94 bits per heavy atom. The topological polar surface area (TPSA) is 79.9 Å². The van der Waals surface area contributed by atoms with Crippen molar-refractivity contribution in [2.75, 3.05) is 39.2 Å². The molecule has 0 unspecified atom stereocenters. The number of fused-ring (bicyclic) bond motifs is 1. The van der Waals surface area contributed by atoms with Gasteiger partial charge in [-0.25, -0.2) is 4.39 Å². The van der Waals surface area contributed by atoms with E-state index in [1.165, 1.54) is 24.3 Å². The molecule has 32 heavy (non-hydrogen) atoms. The summed E-state index contributed by atoms with van der Waals surface area (Å²) in [5.74, 6) is -0.408. The number of ether oxygens (including phenoxy) is 2. The second-order valence-electron chi connectivity index (χ2n) is 8.23. The van der Waals surface area contributed by atoms with Gasteiger partial charge < -0.3 is 25.0 Å². The molecule has 3 atom stereocenters. The highest BCUT2D eigenvalue weighted by atomic mass is 19.1. The first kappa shape index (κ1) is 23.7. The molecular formula is C24H30FN3O4. The zero-order chi connectivity index (χ0) is 23.3. The van der Waals surface area contributed by atoms with Gasteiger partial charge in [-0.1, -0.05) is 6.92 Å². The van der Waals surface area contributed by atoms with Crippen LogP contribution in [0.4, 0.5) is 10.1 Å². The average molecular weight is 444 g/mol. The standard InChI is InChI=1S/C24H30FN3O4/c1-15-12-26-16(2)14-32-21-10-9-19(27-23(29)17-5-7-18(25)8-6-17)11-20(21)24(30)28(3)13-22(15)31-4/h5-11,15-16,22,26H,12-14H2,1-4H3,(H,27,29)/t15-,16-,22+/m0/s1. The van der Waals surface area contributed by atoms with Crippen molar-refractivity contribution >= 4 is 17.5 Å². The average Bonchev–Trinajstić information content (AvgIpc) is 2.79. The van der Waals surface area contributed by atoms with Crippen LogP contribution in [0.25, 0.3) is 0 Å². The molecule has 0 aliphatic carbocycles. The Labute approximate surface area is 187 Å². The monoisotopic (exact) mass is 443 g/mol. The van der Waals surface area contributed by atoms with Gasteiger partial charge in [-0.2, -0.15) is 0 Å². The molecule has 0 saturated heterocycles. The highest BCUT2D eigenvalue weighted by Crippen LogP contribution is 2.26. The van der Waals surface area contributed by atoms with E-state index in [-0.39, 0.29) is 24.0 Å². The van der Waals surface area contributed by atoms with Gasteiger partial charge in [0.05, 0.1) is 11.7 Å². The number of anilines is 1. The smallest absolute Gasteiger partial charge is 0.257 e. The van der Waals surface area contributed by atoms with E-state index in [1.54, 1.807) is 37.3 Å². The minimum absolute atomic E-state index is 0.0768. The molecule has 1 heterocycles. The molecule has 2 aromatic carbocycles. The molecule has 0 aromatic heterocycles. The molecule has 0 radical (unpaired) electrons. The number of carbonyl (C=O) groups is 2. The largest absolute Gasteiger partial charge is 0.491 e. The Hall–Kier alpha value is -2.97. The van der Waals surface area contributed by atoms with Gasteiger partial charge in [-0.15, -0.1) is 0 Å². The summed E-state index contributed by atoms with van der Waals surface area (Å²) in [5, 5.41) is 6.20. The van der Waals surface area contributed by atoms with Crippen molar-refractivity contribution in [3.05, 3.63) is 59.4 Å². The number of hydrogen-bond acceptors (Lipinski definition) is 5. The van der Waals surface area contributed by atoms with Crippen molar-refractivity contribution in [3.8, 4) is 5.75 Å². The lowest BCUT2D eigenvalue weighted by Crippen LogP contribution is -2.44. The van der Waals surface area contributed by atoms with Gasteiger partial charge in [-0.3, -0.25) is 9.59 Å². The molecule has 0 saturated carbocycles. The number of carbonyl (C=O) groups excluding carboxylic acids is 2. The molecule has 1 aliphatic heterocycles. The van der Waals surface area contributed by atoms with Gasteiger partial charge >= 0.3 is 0 Å². The molecule has 172 valence electrons. The quantitative estimate of drug-likeness (QED) is 0.762. The number of rotatable bonds is 3. The number of benzene rings is 2. The Morgan fingerprint density at radius 3 is 2.62 bits per heavy atom. The lowest BCUT2D eigenvalue weighted by molar-refractivity contribution is 0.0281. The van der Waals surface area contributed by atoms with E-state index >= 15 is 0 Å². The highest BCUT2D eigenvalue weighted by molar-refractivity contribution is 6.05. The van der Waals surface area contributed by atoms with Crippen molar-refractivity contribution < 1.29 is 23.5 Å². The van der Waals surface area contributed by atoms with Crippen molar-refractivity contribution in [3.63, 3.8) is 0 Å². The molecule has 2 aromatic rings. The number of nitrogens with one attached hydrogen (secondary N) is 2. The maximum Gasteiger partial charge on any atom is 0.257 e. The van der Waals surface area contributed by atoms with Gasteiger partial charge in [-0.05, 0) is 55.3 Å². The normalized spacial score (nSPS) is 22.2. The fourth-order valence-electron chi connectivity index (χ4n) is 3.54. The summed E-state index contributed by atoms with van der Waals surface area (Å²) < 4.78 is 24.7. The predicted molar refractivity (Wildman–Crippen MR) is 121 cm³/mol. The Bertz CT molecular complexity index is 951. The highest BCUT2D eigenvalue weighted by Gasteiger charge is 2.25. The second kappa shape index (κ2) is 10.6. The number of halogens is 1. The minimum Gasteiger partial charge on any atom is -0.491 e. The van der Waals surface area contributed by atoms with Gasteiger partial charge in [0.2, 0.25) is 0 Å². The Morgan fingerprint density at radius 1 is 1.22 bits per heavy atom. The van der Waals surface area contributed by atoms with E-state index in [1.807, 2.05) is 6.92 Å². The Kier molecular flexibility index (Phi) is 7.82. The molecule has 0 spiro atoms. The second-order valence-corrected chi connectivity index (χ2v) is 8.23. The fraction of sp³-hybridized carbons (Fsp3) is 0.417. The zero-order valence-electron chi connectivity index (χ0n) is 18.9. The molecule has 0 bridgehead atoms. The van der Waals surface area contributed by atoms with Crippen LogP contribution in [0, 0.1) is 11.7 Å². The van der Waals surface area contributed by atoms with E-state index in [4.69, 9.17) is 9.47 Å². The molecule has 2 N–H and O–H groups in total. The first-order valence-corrected chi connectivity index (χ1v) is 10.6. The lowest BCUT2D eigenvalue weighted by Gasteiger charge is -2.30. The zero-order valence-corrected chi connectivity index (χ0v) is 18.9. The number of amides is 2. The molecule has 7 nitrogen and oxygen atoms in total. The molecule has 8 heteroatoms. The van der Waals surface area contributed by atoms with Crippen molar-refractivity contribution in [1.82, 2.24) is 10.2 Å². The summed E-state index contributed by atoms with van der Waals surface area (Å²) in [5.41, 5.74) is 1.11. The van der Waals surface area contributed by atoms with E-state index in [0.29, 0.717) is 35.7 Å². The third-order valence-corrected chi connectivity index (χ3v) is 5.59. The van der Waals surface area contributed by atoms with Crippen LogP contribution in [0.2, 0.25) is 0 Å². The van der Waals surface area contributed by atoms with Crippen LogP contribution in [0.15, 0.2) is 42.5 Å². The number of nitrogens with zero attached hydrogens (tertiary/aromatic N) is 1. The van der Waals surface area contributed by atoms with Crippen LogP contribution in [0.5, 0.6) is 5.75 Å². The van der Waals surface area contributed by atoms with Gasteiger partial charge in [0.1, 0.15) is 18.2 Å². The fourth-order valence-corrected chi connectivity index (χ4v) is 3.54. The molecule has 1 aliphatic rings. The van der Waals surface area contributed by atoms with Crippen molar-refractivity contribution in [1.29, 1.82) is 0 Å². The third-order valence-electron chi connectivity index (χ3n) is 5.59. The summed E-state index contributed by atoms with van der Waals surface area (Å²) in [6, 6.07) is 10.3. The first-order chi connectivity index (χ1) is 15.3. The van der Waals surface area contributed by atoms with E-state index < -0.39 is 11.7 Å². The lowest BCUT2D eigenvalue weighted by atomic mass is 10.0. The van der Waals surface area contributed by atoms with Gasteiger partial charge in [0.15, 0.2) is 0 Å². The van der Waals surface area contributed by atoms with Crippen LogP contribution < -0.4 is 15.4 Å². The molecule has 3 rings (SSSR count). The number of hydrogen-bond donors (Lipinski definition) is 2. The van der Waals surface area contributed by atoms with E-state index in [0.717, 1.165) is 6.54 Å². The summed E-state index contributed by atoms with van der Waals surface area (Å²) in [6.07, 6.45) is -0.131. The van der Waals surface area contributed by atoms with Crippen LogP contribution in [0.1, 0.15) is 34.6 Å². The molecule has 2 amide bonds. The summed E-state index contributed by atoms with van der Waals surface area (Å²) >= 11 is 0. The minimum atomic E-state index is -0.417. The summed E-state index contributed by atoms with van der Waals surface area (Å²) in [7, 11) is 3.37.